The van der Waals surface area contributed by atoms with Crippen LogP contribution in [0.3, 0.4) is 0 Å². The molecule has 1 aromatic rings. The van der Waals surface area contributed by atoms with Gasteiger partial charge in [-0.2, -0.15) is 0 Å². The van der Waals surface area contributed by atoms with Crippen LogP contribution in [0.15, 0.2) is 103 Å². The third kappa shape index (κ3) is 4.08. The first-order chi connectivity index (χ1) is 14.8. The van der Waals surface area contributed by atoms with Crippen molar-refractivity contribution in [1.29, 1.82) is 0 Å². The Labute approximate surface area is 179 Å². The van der Waals surface area contributed by atoms with Gasteiger partial charge < -0.3 is 9.88 Å². The Balaban J connectivity index is 1.76. The Bertz CT molecular complexity index is 1050. The van der Waals surface area contributed by atoms with Crippen LogP contribution in [0.25, 0.3) is 17.8 Å². The SMILES string of the molecule is C=C/C=C(\C=C/C)NC1=CC=C(n2c3c(c4c2CC=CC=C4)C=CC=CC3)CC=C1. The van der Waals surface area contributed by atoms with Crippen molar-refractivity contribution >= 4 is 17.8 Å². The maximum Gasteiger partial charge on any atom is 0.0381 e. The smallest absolute Gasteiger partial charge is 0.0381 e. The van der Waals surface area contributed by atoms with Crippen molar-refractivity contribution in [3.8, 4) is 0 Å². The average molecular weight is 393 g/mol. The summed E-state index contributed by atoms with van der Waals surface area (Å²) in [5, 5.41) is 3.49. The summed E-state index contributed by atoms with van der Waals surface area (Å²) in [5.41, 5.74) is 8.82. The summed E-state index contributed by atoms with van der Waals surface area (Å²) >= 11 is 0. The molecule has 0 aliphatic heterocycles. The molecule has 30 heavy (non-hydrogen) atoms. The minimum Gasteiger partial charge on any atom is -0.356 e. The topological polar surface area (TPSA) is 17.0 Å². The first kappa shape index (κ1) is 19.8. The molecule has 0 atom stereocenters. The Morgan fingerprint density at radius 1 is 0.900 bits per heavy atom. The van der Waals surface area contributed by atoms with Gasteiger partial charge in [-0.3, -0.25) is 0 Å². The van der Waals surface area contributed by atoms with Crippen molar-refractivity contribution < 1.29 is 0 Å². The highest BCUT2D eigenvalue weighted by molar-refractivity contribution is 5.76. The van der Waals surface area contributed by atoms with Crippen molar-refractivity contribution in [2.75, 3.05) is 0 Å². The second kappa shape index (κ2) is 9.32. The van der Waals surface area contributed by atoms with Crippen molar-refractivity contribution in [1.82, 2.24) is 9.88 Å². The number of allylic oxidation sites excluding steroid dienone is 15. The van der Waals surface area contributed by atoms with E-state index in [0.717, 1.165) is 30.7 Å². The normalized spacial score (nSPS) is 17.7. The van der Waals surface area contributed by atoms with Crippen LogP contribution in [0.5, 0.6) is 0 Å². The van der Waals surface area contributed by atoms with Crippen LogP contribution in [-0.2, 0) is 12.8 Å². The minimum absolute atomic E-state index is 0.889. The first-order valence-corrected chi connectivity index (χ1v) is 10.5. The lowest BCUT2D eigenvalue weighted by Crippen LogP contribution is -2.09. The molecule has 0 radical (unpaired) electrons. The predicted molar refractivity (Wildman–Crippen MR) is 131 cm³/mol. The Morgan fingerprint density at radius 2 is 1.60 bits per heavy atom. The van der Waals surface area contributed by atoms with E-state index >= 15 is 0 Å². The summed E-state index contributed by atoms with van der Waals surface area (Å²) in [6.07, 6.45) is 37.0. The molecular formula is C28H28N2. The molecule has 3 aliphatic rings. The van der Waals surface area contributed by atoms with Gasteiger partial charge >= 0.3 is 0 Å². The highest BCUT2D eigenvalue weighted by Gasteiger charge is 2.21. The van der Waals surface area contributed by atoms with Crippen LogP contribution < -0.4 is 5.32 Å². The molecule has 2 nitrogen and oxygen atoms in total. The average Bonchev–Trinajstić information content (AvgIpc) is 3.09. The quantitative estimate of drug-likeness (QED) is 0.554. The third-order valence-corrected chi connectivity index (χ3v) is 5.39. The molecular weight excluding hydrogens is 364 g/mol. The molecule has 0 bridgehead atoms. The van der Waals surface area contributed by atoms with Crippen molar-refractivity contribution in [3.63, 3.8) is 0 Å². The van der Waals surface area contributed by atoms with Crippen LogP contribution >= 0.6 is 0 Å². The molecule has 1 N–H and O–H groups in total. The molecule has 0 saturated heterocycles. The minimum atomic E-state index is 0.889. The Kier molecular flexibility index (Phi) is 6.14. The summed E-state index contributed by atoms with van der Waals surface area (Å²) in [6, 6.07) is 0. The van der Waals surface area contributed by atoms with Gasteiger partial charge in [0.15, 0.2) is 0 Å². The summed E-state index contributed by atoms with van der Waals surface area (Å²) < 4.78 is 2.49. The van der Waals surface area contributed by atoms with E-state index in [9.17, 15) is 0 Å². The third-order valence-electron chi connectivity index (χ3n) is 5.39. The fraction of sp³-hybridized carbons (Fsp3) is 0.143. The molecule has 0 unspecified atom stereocenters. The molecule has 1 heterocycles. The van der Waals surface area contributed by atoms with Crippen molar-refractivity contribution in [3.05, 3.63) is 126 Å². The van der Waals surface area contributed by atoms with E-state index in [-0.39, 0.29) is 0 Å². The lowest BCUT2D eigenvalue weighted by molar-refractivity contribution is 0.906. The van der Waals surface area contributed by atoms with Crippen molar-refractivity contribution in [2.24, 2.45) is 0 Å². The van der Waals surface area contributed by atoms with E-state index in [1.54, 1.807) is 6.08 Å². The number of aromatic nitrogens is 1. The zero-order chi connectivity index (χ0) is 20.8. The van der Waals surface area contributed by atoms with E-state index < -0.39 is 0 Å². The van der Waals surface area contributed by atoms with Gasteiger partial charge in [0, 0.05) is 58.9 Å². The van der Waals surface area contributed by atoms with Gasteiger partial charge in [-0.15, -0.1) is 0 Å². The molecule has 0 fully saturated rings. The van der Waals surface area contributed by atoms with Gasteiger partial charge in [0.05, 0.1) is 0 Å². The highest BCUT2D eigenvalue weighted by Crippen LogP contribution is 2.34. The summed E-state index contributed by atoms with van der Waals surface area (Å²) in [6.45, 7) is 5.83. The summed E-state index contributed by atoms with van der Waals surface area (Å²) in [5.74, 6) is 0. The number of hydrogen-bond acceptors (Lipinski definition) is 1. The van der Waals surface area contributed by atoms with Gasteiger partial charge in [-0.1, -0.05) is 73.4 Å². The van der Waals surface area contributed by atoms with E-state index in [1.165, 1.54) is 28.2 Å². The number of fused-ring (bicyclic) bond motifs is 3. The lowest BCUT2D eigenvalue weighted by atomic mass is 10.1. The van der Waals surface area contributed by atoms with Gasteiger partial charge in [0.2, 0.25) is 0 Å². The molecule has 2 heteroatoms. The molecule has 150 valence electrons. The highest BCUT2D eigenvalue weighted by atomic mass is 15.0. The summed E-state index contributed by atoms with van der Waals surface area (Å²) in [4.78, 5) is 0. The van der Waals surface area contributed by atoms with Gasteiger partial charge in [-0.25, -0.2) is 0 Å². The Morgan fingerprint density at radius 3 is 2.23 bits per heavy atom. The van der Waals surface area contributed by atoms with E-state index in [4.69, 9.17) is 0 Å². The molecule has 1 aromatic heterocycles. The van der Waals surface area contributed by atoms with Gasteiger partial charge in [-0.05, 0) is 37.3 Å². The maximum atomic E-state index is 3.81. The Hall–Kier alpha value is -3.52. The maximum absolute atomic E-state index is 3.81. The lowest BCUT2D eigenvalue weighted by Gasteiger charge is -2.15. The second-order valence-corrected chi connectivity index (χ2v) is 7.41. The fourth-order valence-corrected chi connectivity index (χ4v) is 4.13. The molecule has 0 aromatic carbocycles. The van der Waals surface area contributed by atoms with E-state index in [1.807, 2.05) is 19.1 Å². The molecule has 0 spiro atoms. The number of hydrogen-bond donors (Lipinski definition) is 1. The predicted octanol–water partition coefficient (Wildman–Crippen LogP) is 6.66. The van der Waals surface area contributed by atoms with Crippen LogP contribution in [0.4, 0.5) is 0 Å². The second-order valence-electron chi connectivity index (χ2n) is 7.41. The van der Waals surface area contributed by atoms with Crippen LogP contribution in [0.2, 0.25) is 0 Å². The standard InChI is InChI=1S/C28H28N2/c1-3-12-22(13-4-2)29-23-14-11-15-24(21-20-23)30-27-18-9-5-7-16-25(27)26-17-8-6-10-19-28(26)30/h3-14,16-17,20-21,29H,1,15,18-19H2,2H3/b13-4-,22-12+. The number of rotatable bonds is 5. The first-order valence-electron chi connectivity index (χ1n) is 10.5. The number of nitrogens with zero attached hydrogens (tertiary/aromatic N) is 1. The summed E-state index contributed by atoms with van der Waals surface area (Å²) in [7, 11) is 0. The van der Waals surface area contributed by atoms with Gasteiger partial charge in [0.25, 0.3) is 0 Å². The van der Waals surface area contributed by atoms with Crippen LogP contribution in [-0.4, -0.2) is 4.57 Å². The van der Waals surface area contributed by atoms with Crippen molar-refractivity contribution in [2.45, 2.75) is 26.2 Å². The molecule has 0 amide bonds. The molecule has 0 saturated carbocycles. The zero-order valence-electron chi connectivity index (χ0n) is 17.5. The number of nitrogens with one attached hydrogen (secondary N) is 1. The molecule has 4 rings (SSSR count). The molecule has 3 aliphatic carbocycles. The monoisotopic (exact) mass is 392 g/mol. The zero-order valence-corrected chi connectivity index (χ0v) is 17.5. The van der Waals surface area contributed by atoms with E-state index in [0.29, 0.717) is 0 Å². The van der Waals surface area contributed by atoms with Gasteiger partial charge in [0.1, 0.15) is 0 Å². The van der Waals surface area contributed by atoms with E-state index in [2.05, 4.69) is 95.5 Å². The van der Waals surface area contributed by atoms with Crippen LogP contribution in [0.1, 0.15) is 35.9 Å². The van der Waals surface area contributed by atoms with Crippen LogP contribution in [0, 0.1) is 0 Å². The fourth-order valence-electron chi connectivity index (χ4n) is 4.13. The largest absolute Gasteiger partial charge is 0.356 e.